The van der Waals surface area contributed by atoms with Gasteiger partial charge >= 0.3 is 0 Å². The summed E-state index contributed by atoms with van der Waals surface area (Å²) in [6, 6.07) is 22.8. The Bertz CT molecular complexity index is 1120. The third-order valence-corrected chi connectivity index (χ3v) is 4.79. The first kappa shape index (κ1) is 19.5. The van der Waals surface area contributed by atoms with Gasteiger partial charge in [-0.2, -0.15) is 5.10 Å². The van der Waals surface area contributed by atoms with E-state index in [-0.39, 0.29) is 12.5 Å². The molecule has 0 radical (unpaired) electrons. The number of aliphatic hydroxyl groups excluding tert-OH is 1. The van der Waals surface area contributed by atoms with Gasteiger partial charge < -0.3 is 10.4 Å². The summed E-state index contributed by atoms with van der Waals surface area (Å²) in [7, 11) is 0. The Morgan fingerprint density at radius 2 is 1.77 bits per heavy atom. The maximum absolute atomic E-state index is 13.0. The van der Waals surface area contributed by atoms with Crippen LogP contribution in [0.25, 0.3) is 16.9 Å². The average molecular weight is 398 g/mol. The van der Waals surface area contributed by atoms with Crippen molar-refractivity contribution in [2.45, 2.75) is 13.0 Å². The molecule has 30 heavy (non-hydrogen) atoms. The van der Waals surface area contributed by atoms with Gasteiger partial charge in [-0.05, 0) is 31.2 Å². The summed E-state index contributed by atoms with van der Waals surface area (Å²) in [5.41, 5.74) is 4.40. The highest BCUT2D eigenvalue weighted by molar-refractivity contribution is 5.99. The van der Waals surface area contributed by atoms with Crippen LogP contribution in [0.3, 0.4) is 0 Å². The summed E-state index contributed by atoms with van der Waals surface area (Å²) in [5.74, 6) is -0.304. The highest BCUT2D eigenvalue weighted by Crippen LogP contribution is 2.24. The molecule has 0 aliphatic heterocycles. The summed E-state index contributed by atoms with van der Waals surface area (Å²) >= 11 is 0. The lowest BCUT2D eigenvalue weighted by Gasteiger charge is -2.11. The van der Waals surface area contributed by atoms with Crippen LogP contribution in [0.15, 0.2) is 85.2 Å². The predicted octanol–water partition coefficient (Wildman–Crippen LogP) is 3.71. The van der Waals surface area contributed by atoms with E-state index in [1.165, 1.54) is 0 Å². The van der Waals surface area contributed by atoms with E-state index in [2.05, 4.69) is 15.4 Å². The molecule has 0 spiro atoms. The Balaban J connectivity index is 1.62. The van der Waals surface area contributed by atoms with Gasteiger partial charge in [0.2, 0.25) is 0 Å². The van der Waals surface area contributed by atoms with Crippen LogP contribution >= 0.6 is 0 Å². The topological polar surface area (TPSA) is 80.0 Å². The summed E-state index contributed by atoms with van der Waals surface area (Å²) in [6.07, 6.45) is 2.44. The number of hydrogen-bond donors (Lipinski definition) is 2. The third-order valence-electron chi connectivity index (χ3n) is 4.79. The zero-order chi connectivity index (χ0) is 20.9. The first-order valence-corrected chi connectivity index (χ1v) is 9.71. The van der Waals surface area contributed by atoms with Gasteiger partial charge in [-0.25, -0.2) is 4.68 Å². The van der Waals surface area contributed by atoms with Crippen molar-refractivity contribution < 1.29 is 9.90 Å². The lowest BCUT2D eigenvalue weighted by molar-refractivity contribution is 0.0914. The van der Waals surface area contributed by atoms with Gasteiger partial charge in [0.25, 0.3) is 5.91 Å². The molecule has 2 aromatic carbocycles. The van der Waals surface area contributed by atoms with E-state index >= 15 is 0 Å². The Morgan fingerprint density at radius 1 is 1.03 bits per heavy atom. The van der Waals surface area contributed by atoms with E-state index < -0.39 is 6.10 Å². The van der Waals surface area contributed by atoms with Crippen molar-refractivity contribution >= 4 is 5.91 Å². The zero-order valence-electron chi connectivity index (χ0n) is 16.6. The van der Waals surface area contributed by atoms with Crippen molar-refractivity contribution in [1.82, 2.24) is 20.1 Å². The highest BCUT2D eigenvalue weighted by Gasteiger charge is 2.20. The average Bonchev–Trinajstić information content (AvgIpc) is 3.24. The summed E-state index contributed by atoms with van der Waals surface area (Å²) in [6.45, 7) is 2.08. The van der Waals surface area contributed by atoms with Crippen molar-refractivity contribution in [2.24, 2.45) is 0 Å². The van der Waals surface area contributed by atoms with Crippen LogP contribution in [0.1, 0.15) is 27.7 Å². The zero-order valence-corrected chi connectivity index (χ0v) is 16.6. The van der Waals surface area contributed by atoms with Gasteiger partial charge in [0.05, 0.1) is 16.9 Å². The molecule has 0 aliphatic carbocycles. The molecule has 6 heteroatoms. The van der Waals surface area contributed by atoms with Gasteiger partial charge in [-0.3, -0.25) is 9.78 Å². The number of nitrogens with zero attached hydrogens (tertiary/aromatic N) is 3. The van der Waals surface area contributed by atoms with E-state index in [1.54, 1.807) is 35.3 Å². The van der Waals surface area contributed by atoms with E-state index in [4.69, 9.17) is 0 Å². The number of aliphatic hydroxyl groups is 1. The fourth-order valence-electron chi connectivity index (χ4n) is 3.14. The second-order valence-electron chi connectivity index (χ2n) is 7.02. The highest BCUT2D eigenvalue weighted by atomic mass is 16.3. The summed E-state index contributed by atoms with van der Waals surface area (Å²) < 4.78 is 1.70. The van der Waals surface area contributed by atoms with Crippen LogP contribution in [0.5, 0.6) is 0 Å². The Labute approximate surface area is 174 Å². The lowest BCUT2D eigenvalue weighted by atomic mass is 10.1. The molecule has 0 unspecified atom stereocenters. The first-order valence-electron chi connectivity index (χ1n) is 9.71. The van der Waals surface area contributed by atoms with Crippen LogP contribution in [-0.4, -0.2) is 32.3 Å². The number of amides is 1. The number of aromatic nitrogens is 3. The minimum Gasteiger partial charge on any atom is -0.385 e. The number of pyridine rings is 1. The Kier molecular flexibility index (Phi) is 5.68. The second-order valence-corrected chi connectivity index (χ2v) is 7.02. The lowest BCUT2D eigenvalue weighted by Crippen LogP contribution is -2.28. The Morgan fingerprint density at radius 3 is 2.47 bits per heavy atom. The minimum absolute atomic E-state index is 0.0553. The molecular formula is C24H22N4O2. The molecule has 0 fully saturated rings. The molecule has 0 saturated carbocycles. The summed E-state index contributed by atoms with van der Waals surface area (Å²) in [5, 5.41) is 17.8. The third kappa shape index (κ3) is 4.29. The number of nitrogens with one attached hydrogen (secondary N) is 1. The van der Waals surface area contributed by atoms with E-state index in [0.29, 0.717) is 17.0 Å². The van der Waals surface area contributed by atoms with Crippen molar-refractivity contribution in [3.8, 4) is 16.9 Å². The molecule has 0 aliphatic rings. The molecule has 2 heterocycles. The van der Waals surface area contributed by atoms with Gasteiger partial charge in [0.15, 0.2) is 0 Å². The SMILES string of the molecule is Cc1ccc(-n2cc(C(=O)NC[C@@H](O)c3ccccn3)c(-c3ccccc3)n2)cc1. The molecule has 0 bridgehead atoms. The number of benzene rings is 2. The quantitative estimate of drug-likeness (QED) is 0.519. The van der Waals surface area contributed by atoms with Crippen LogP contribution in [-0.2, 0) is 0 Å². The molecule has 2 N–H and O–H groups in total. The van der Waals surface area contributed by atoms with Gasteiger partial charge in [-0.1, -0.05) is 54.1 Å². The molecule has 0 saturated heterocycles. The van der Waals surface area contributed by atoms with Crippen LogP contribution < -0.4 is 5.32 Å². The smallest absolute Gasteiger partial charge is 0.255 e. The maximum atomic E-state index is 13.0. The molecule has 150 valence electrons. The molecule has 2 aromatic heterocycles. The van der Waals surface area contributed by atoms with E-state index in [0.717, 1.165) is 16.8 Å². The number of carbonyl (C=O) groups is 1. The van der Waals surface area contributed by atoms with Crippen molar-refractivity contribution in [3.63, 3.8) is 0 Å². The normalized spacial score (nSPS) is 11.8. The second kappa shape index (κ2) is 8.71. The van der Waals surface area contributed by atoms with Crippen molar-refractivity contribution in [2.75, 3.05) is 6.54 Å². The molecule has 1 atom stereocenters. The van der Waals surface area contributed by atoms with Gasteiger partial charge in [0, 0.05) is 24.5 Å². The van der Waals surface area contributed by atoms with Crippen LogP contribution in [0, 0.1) is 6.92 Å². The maximum Gasteiger partial charge on any atom is 0.255 e. The van der Waals surface area contributed by atoms with Crippen molar-refractivity contribution in [1.29, 1.82) is 0 Å². The molecule has 4 rings (SSSR count). The van der Waals surface area contributed by atoms with Gasteiger partial charge in [0.1, 0.15) is 11.8 Å². The van der Waals surface area contributed by atoms with Gasteiger partial charge in [-0.15, -0.1) is 0 Å². The number of aryl methyl sites for hydroxylation is 1. The number of carbonyl (C=O) groups excluding carboxylic acids is 1. The monoisotopic (exact) mass is 398 g/mol. The van der Waals surface area contributed by atoms with E-state index in [1.807, 2.05) is 61.5 Å². The fraction of sp³-hybridized carbons (Fsp3) is 0.125. The van der Waals surface area contributed by atoms with E-state index in [9.17, 15) is 9.90 Å². The fourth-order valence-corrected chi connectivity index (χ4v) is 3.14. The largest absolute Gasteiger partial charge is 0.385 e. The van der Waals surface area contributed by atoms with Crippen LogP contribution in [0.2, 0.25) is 0 Å². The predicted molar refractivity (Wildman–Crippen MR) is 115 cm³/mol. The van der Waals surface area contributed by atoms with Crippen molar-refractivity contribution in [3.05, 3.63) is 102 Å². The standard InChI is InChI=1S/C24H22N4O2/c1-17-10-12-19(13-11-17)28-16-20(23(27-28)18-7-3-2-4-8-18)24(30)26-15-22(29)21-9-5-6-14-25-21/h2-14,16,22,29H,15H2,1H3,(H,26,30)/t22-/m1/s1. The molecule has 1 amide bonds. The van der Waals surface area contributed by atoms with Crippen LogP contribution in [0.4, 0.5) is 0 Å². The minimum atomic E-state index is -0.887. The first-order chi connectivity index (χ1) is 14.6. The number of rotatable bonds is 6. The molecular weight excluding hydrogens is 376 g/mol. The Hall–Kier alpha value is -3.77. The molecule has 4 aromatic rings. The number of hydrogen-bond acceptors (Lipinski definition) is 4. The molecule has 6 nitrogen and oxygen atoms in total. The summed E-state index contributed by atoms with van der Waals surface area (Å²) in [4.78, 5) is 17.1.